The molecule has 0 saturated carbocycles. The molecule has 0 N–H and O–H groups in total. The van der Waals surface area contributed by atoms with E-state index in [1.54, 1.807) is 66.9 Å². The maximum Gasteiger partial charge on any atom is 0.240 e. The molecule has 7 nitrogen and oxygen atoms in total. The van der Waals surface area contributed by atoms with Crippen LogP contribution in [-0.2, 0) is 9.59 Å². The molecule has 0 spiro atoms. The molecule has 6 rings (SSSR count). The molecule has 0 aromatic heterocycles. The van der Waals surface area contributed by atoms with Crippen LogP contribution in [0.3, 0.4) is 0 Å². The van der Waals surface area contributed by atoms with Crippen molar-refractivity contribution in [2.45, 2.75) is 12.1 Å². The van der Waals surface area contributed by atoms with Gasteiger partial charge in [0.05, 0.1) is 36.9 Å². The molecule has 2 saturated heterocycles. The second-order valence-electron chi connectivity index (χ2n) is 8.78. The number of ether oxygens (including phenoxy) is 1. The largest absolute Gasteiger partial charge is 0.497 e. The van der Waals surface area contributed by atoms with Crippen molar-refractivity contribution >= 4 is 41.1 Å². The van der Waals surface area contributed by atoms with Crippen LogP contribution >= 0.6 is 11.6 Å². The quantitative estimate of drug-likeness (QED) is 0.410. The van der Waals surface area contributed by atoms with Crippen LogP contribution in [0.5, 0.6) is 5.75 Å². The molecule has 3 aliphatic heterocycles. The number of carbonyl (C=O) groups is 3. The summed E-state index contributed by atoms with van der Waals surface area (Å²) in [7, 11) is 1.55. The molecule has 174 valence electrons. The van der Waals surface area contributed by atoms with Crippen LogP contribution in [0.15, 0.2) is 77.9 Å². The summed E-state index contributed by atoms with van der Waals surface area (Å²) >= 11 is 6.16. The van der Waals surface area contributed by atoms with Crippen LogP contribution in [0.2, 0.25) is 5.02 Å². The molecule has 2 fully saturated rings. The number of benzene rings is 3. The number of carbonyl (C=O) groups excluding carboxylic acids is 3. The molecule has 0 bridgehead atoms. The average molecular weight is 486 g/mol. The zero-order chi connectivity index (χ0) is 24.3. The van der Waals surface area contributed by atoms with Gasteiger partial charge in [-0.1, -0.05) is 41.9 Å². The van der Waals surface area contributed by atoms with Crippen molar-refractivity contribution in [3.63, 3.8) is 0 Å². The van der Waals surface area contributed by atoms with Crippen LogP contribution in [0.4, 0.5) is 5.69 Å². The highest BCUT2D eigenvalue weighted by Crippen LogP contribution is 2.53. The van der Waals surface area contributed by atoms with Gasteiger partial charge in [-0.2, -0.15) is 5.10 Å². The summed E-state index contributed by atoms with van der Waals surface area (Å²) in [6.07, 6.45) is 1.69. The highest BCUT2D eigenvalue weighted by molar-refractivity contribution is 6.31. The van der Waals surface area contributed by atoms with Crippen molar-refractivity contribution in [2.24, 2.45) is 16.9 Å². The molecule has 8 heteroatoms. The van der Waals surface area contributed by atoms with E-state index in [4.69, 9.17) is 16.3 Å². The number of hydrogen-bond donors (Lipinski definition) is 0. The number of amides is 2. The second-order valence-corrected chi connectivity index (χ2v) is 9.22. The van der Waals surface area contributed by atoms with Crippen molar-refractivity contribution in [3.05, 3.63) is 94.5 Å². The molecule has 4 atom stereocenters. The molecule has 35 heavy (non-hydrogen) atoms. The molecule has 2 amide bonds. The summed E-state index contributed by atoms with van der Waals surface area (Å²) in [5.41, 5.74) is 2.56. The smallest absolute Gasteiger partial charge is 0.240 e. The van der Waals surface area contributed by atoms with E-state index in [-0.39, 0.29) is 11.7 Å². The first-order valence-corrected chi connectivity index (χ1v) is 11.6. The fourth-order valence-electron chi connectivity index (χ4n) is 5.46. The molecule has 1 unspecified atom stereocenters. The normalized spacial score (nSPS) is 24.3. The number of rotatable bonds is 4. The topological polar surface area (TPSA) is 79.3 Å². The monoisotopic (exact) mass is 485 g/mol. The van der Waals surface area contributed by atoms with Crippen molar-refractivity contribution in [3.8, 4) is 5.75 Å². The molecule has 3 aliphatic rings. The Bertz CT molecular complexity index is 1400. The minimum absolute atomic E-state index is 0.268. The summed E-state index contributed by atoms with van der Waals surface area (Å²) in [6, 6.07) is 19.5. The van der Waals surface area contributed by atoms with E-state index in [9.17, 15) is 14.4 Å². The van der Waals surface area contributed by atoms with Crippen molar-refractivity contribution in [1.29, 1.82) is 0 Å². The molecule has 0 aliphatic carbocycles. The summed E-state index contributed by atoms with van der Waals surface area (Å²) in [4.78, 5) is 42.7. The van der Waals surface area contributed by atoms with Crippen LogP contribution in [0.1, 0.15) is 27.5 Å². The second kappa shape index (κ2) is 8.06. The summed E-state index contributed by atoms with van der Waals surface area (Å²) in [5, 5.41) is 6.64. The zero-order valence-electron chi connectivity index (χ0n) is 18.7. The van der Waals surface area contributed by atoms with Gasteiger partial charge in [0.15, 0.2) is 5.78 Å². The van der Waals surface area contributed by atoms with Gasteiger partial charge in [0.2, 0.25) is 11.8 Å². The average Bonchev–Trinajstić information content (AvgIpc) is 3.36. The first-order valence-electron chi connectivity index (χ1n) is 11.2. The lowest BCUT2D eigenvalue weighted by atomic mass is 9.83. The Morgan fingerprint density at radius 2 is 1.69 bits per heavy atom. The molecule has 3 aromatic carbocycles. The Hall–Kier alpha value is -3.97. The van der Waals surface area contributed by atoms with E-state index in [1.165, 1.54) is 4.90 Å². The highest BCUT2D eigenvalue weighted by atomic mass is 35.5. The lowest BCUT2D eigenvalue weighted by Gasteiger charge is -2.33. The van der Waals surface area contributed by atoms with Gasteiger partial charge in [-0.3, -0.25) is 19.4 Å². The standard InChI is InChI=1S/C27H20ClN3O4/c1-35-19-11-9-15(10-12-19)25(32)24-22-21(23-20-8-3-2-5-16(20)14-29-31(23)24)26(33)30(27(22)34)18-7-4-6-17(28)13-18/h2-14,21-24H,1H3/t21-,22+,23?,24-/m1/s1. The number of methoxy groups -OCH3 is 1. The van der Waals surface area contributed by atoms with Gasteiger partial charge in [-0.05, 0) is 53.6 Å². The van der Waals surface area contributed by atoms with E-state index in [0.29, 0.717) is 22.0 Å². The minimum atomic E-state index is -0.927. The summed E-state index contributed by atoms with van der Waals surface area (Å²) in [6.45, 7) is 0. The number of ketones is 1. The number of halogens is 1. The van der Waals surface area contributed by atoms with E-state index in [2.05, 4.69) is 5.10 Å². The Morgan fingerprint density at radius 3 is 2.43 bits per heavy atom. The highest BCUT2D eigenvalue weighted by Gasteiger charge is 2.65. The SMILES string of the molecule is COc1ccc(C(=O)[C@H]2[C@H]3C(=O)N(c4cccc(Cl)c4)C(=O)[C@H]3C3c4ccccc4C=NN32)cc1. The van der Waals surface area contributed by atoms with Gasteiger partial charge >= 0.3 is 0 Å². The number of anilines is 1. The first kappa shape index (κ1) is 21.6. The van der Waals surface area contributed by atoms with Gasteiger partial charge in [0, 0.05) is 10.6 Å². The Labute approximate surface area is 206 Å². The van der Waals surface area contributed by atoms with E-state index in [0.717, 1.165) is 11.1 Å². The molecular formula is C27H20ClN3O4. The van der Waals surface area contributed by atoms with Crippen molar-refractivity contribution < 1.29 is 19.1 Å². The van der Waals surface area contributed by atoms with Gasteiger partial charge in [0.25, 0.3) is 0 Å². The third-order valence-electron chi connectivity index (χ3n) is 7.00. The Morgan fingerprint density at radius 1 is 0.943 bits per heavy atom. The third-order valence-corrected chi connectivity index (χ3v) is 7.24. The third kappa shape index (κ3) is 3.19. The number of nitrogens with zero attached hydrogens (tertiary/aromatic N) is 3. The van der Waals surface area contributed by atoms with Crippen molar-refractivity contribution in [1.82, 2.24) is 5.01 Å². The predicted molar refractivity (Wildman–Crippen MR) is 131 cm³/mol. The lowest BCUT2D eigenvalue weighted by molar-refractivity contribution is -0.124. The molecule has 0 radical (unpaired) electrons. The van der Waals surface area contributed by atoms with E-state index in [1.807, 2.05) is 24.3 Å². The molecule has 3 heterocycles. The van der Waals surface area contributed by atoms with E-state index >= 15 is 0 Å². The number of Topliss-reactive ketones (excluding diaryl/α,β-unsaturated/α-hetero) is 1. The number of hydrazone groups is 1. The Kier molecular flexibility index (Phi) is 4.96. The van der Waals surface area contributed by atoms with Crippen LogP contribution in [-0.4, -0.2) is 42.0 Å². The van der Waals surface area contributed by atoms with Crippen molar-refractivity contribution in [2.75, 3.05) is 12.0 Å². The van der Waals surface area contributed by atoms with Crippen LogP contribution in [0.25, 0.3) is 0 Å². The number of imide groups is 1. The van der Waals surface area contributed by atoms with Gasteiger partial charge in [-0.25, -0.2) is 4.90 Å². The predicted octanol–water partition coefficient (Wildman–Crippen LogP) is 4.11. The zero-order valence-corrected chi connectivity index (χ0v) is 19.4. The van der Waals surface area contributed by atoms with E-state index < -0.39 is 29.8 Å². The van der Waals surface area contributed by atoms with Gasteiger partial charge < -0.3 is 4.74 Å². The summed E-state index contributed by atoms with van der Waals surface area (Å²) < 4.78 is 5.21. The Balaban J connectivity index is 1.48. The number of hydrogen-bond acceptors (Lipinski definition) is 6. The van der Waals surface area contributed by atoms with Crippen LogP contribution in [0, 0.1) is 11.8 Å². The van der Waals surface area contributed by atoms with Gasteiger partial charge in [0.1, 0.15) is 11.8 Å². The first-order chi connectivity index (χ1) is 17.0. The summed E-state index contributed by atoms with van der Waals surface area (Å²) in [5.74, 6) is -2.06. The number of fused-ring (bicyclic) bond motifs is 5. The molecule has 3 aromatic rings. The van der Waals surface area contributed by atoms with Crippen LogP contribution < -0.4 is 9.64 Å². The maximum atomic E-state index is 13.8. The minimum Gasteiger partial charge on any atom is -0.497 e. The van der Waals surface area contributed by atoms with Gasteiger partial charge in [-0.15, -0.1) is 0 Å². The lowest BCUT2D eigenvalue weighted by Crippen LogP contribution is -2.44. The maximum absolute atomic E-state index is 13.8. The fourth-order valence-corrected chi connectivity index (χ4v) is 5.65. The molecular weight excluding hydrogens is 466 g/mol. The fraction of sp³-hybridized carbons (Fsp3) is 0.185.